The number of rotatable bonds is 4. The third-order valence-corrected chi connectivity index (χ3v) is 2.19. The maximum Gasteiger partial charge on any atom is 0.109 e. The highest BCUT2D eigenvalue weighted by molar-refractivity contribution is 5.26. The van der Waals surface area contributed by atoms with Crippen LogP contribution in [0.15, 0.2) is 43.0 Å². The summed E-state index contributed by atoms with van der Waals surface area (Å²) in [6.45, 7) is 6.01. The van der Waals surface area contributed by atoms with Crippen molar-refractivity contribution in [3.05, 3.63) is 48.6 Å². The molecular formula is C13H14O. The summed E-state index contributed by atoms with van der Waals surface area (Å²) in [6.07, 6.45) is 6.92. The lowest BCUT2D eigenvalue weighted by Gasteiger charge is -2.25. The minimum Gasteiger partial charge on any atom is -0.354 e. The van der Waals surface area contributed by atoms with Gasteiger partial charge in [0.1, 0.15) is 12.2 Å². The zero-order valence-electron chi connectivity index (χ0n) is 8.36. The summed E-state index contributed by atoms with van der Waals surface area (Å²) in [5.74, 6) is 2.46. The number of hydrogen-bond acceptors (Lipinski definition) is 1. The van der Waals surface area contributed by atoms with Crippen molar-refractivity contribution in [3.63, 3.8) is 0 Å². The summed E-state index contributed by atoms with van der Waals surface area (Å²) < 4.78 is 5.56. The van der Waals surface area contributed by atoms with Gasteiger partial charge in [0.25, 0.3) is 0 Å². The number of ether oxygens (including phenoxy) is 1. The fourth-order valence-corrected chi connectivity index (χ4v) is 1.22. The first kappa shape index (κ1) is 10.6. The highest BCUT2D eigenvalue weighted by Crippen LogP contribution is 2.25. The first-order chi connectivity index (χ1) is 6.73. The van der Waals surface area contributed by atoms with Crippen LogP contribution >= 0.6 is 0 Å². The van der Waals surface area contributed by atoms with Crippen molar-refractivity contribution in [2.45, 2.75) is 12.5 Å². The molecule has 1 unspecified atom stereocenters. The number of hydrogen-bond donors (Lipinski definition) is 0. The molecule has 0 aromatic heterocycles. The van der Waals surface area contributed by atoms with Gasteiger partial charge in [0.2, 0.25) is 0 Å². The molecule has 1 aromatic rings. The van der Waals surface area contributed by atoms with Crippen LogP contribution in [0.5, 0.6) is 0 Å². The van der Waals surface area contributed by atoms with Crippen LogP contribution in [0.4, 0.5) is 0 Å². The van der Waals surface area contributed by atoms with Crippen molar-refractivity contribution in [1.29, 1.82) is 0 Å². The van der Waals surface area contributed by atoms with Crippen LogP contribution in [-0.2, 0) is 10.3 Å². The van der Waals surface area contributed by atoms with E-state index in [1.54, 1.807) is 6.08 Å². The van der Waals surface area contributed by atoms with Crippen molar-refractivity contribution in [2.75, 3.05) is 6.61 Å². The van der Waals surface area contributed by atoms with Gasteiger partial charge in [0, 0.05) is 0 Å². The van der Waals surface area contributed by atoms with Crippen molar-refractivity contribution >= 4 is 0 Å². The van der Waals surface area contributed by atoms with Gasteiger partial charge in [-0.05, 0) is 12.5 Å². The molecule has 0 saturated heterocycles. The molecule has 0 saturated carbocycles. The summed E-state index contributed by atoms with van der Waals surface area (Å²) in [5.41, 5.74) is 0.568. The Balaban J connectivity index is 2.91. The second kappa shape index (κ2) is 4.64. The van der Waals surface area contributed by atoms with Crippen LogP contribution in [0.2, 0.25) is 0 Å². The van der Waals surface area contributed by atoms with Crippen molar-refractivity contribution in [1.82, 2.24) is 0 Å². The molecule has 0 fully saturated rings. The fraction of sp³-hybridized carbons (Fsp3) is 0.231. The molecule has 0 aliphatic rings. The molecule has 0 spiro atoms. The molecule has 1 nitrogen and oxygen atoms in total. The molecule has 14 heavy (non-hydrogen) atoms. The normalized spacial score (nSPS) is 14.0. The second-order valence-electron chi connectivity index (χ2n) is 3.17. The van der Waals surface area contributed by atoms with E-state index in [1.807, 2.05) is 37.3 Å². The number of benzene rings is 1. The average Bonchev–Trinajstić information content (AvgIpc) is 2.27. The van der Waals surface area contributed by atoms with Gasteiger partial charge in [-0.2, -0.15) is 0 Å². The Hall–Kier alpha value is -1.52. The minimum atomic E-state index is -0.492. The SMILES string of the molecule is C#CCOC(C)(C=C)c1ccccc1. The standard InChI is InChI=1S/C13H14O/c1-4-11-14-13(3,5-2)12-9-7-6-8-10-12/h1,5-10H,2,11H2,3H3. The average molecular weight is 186 g/mol. The van der Waals surface area contributed by atoms with Gasteiger partial charge in [-0.1, -0.05) is 48.9 Å². The van der Waals surface area contributed by atoms with E-state index in [9.17, 15) is 0 Å². The van der Waals surface area contributed by atoms with Gasteiger partial charge in [0.05, 0.1) is 0 Å². The molecule has 1 heteroatoms. The van der Waals surface area contributed by atoms with E-state index in [0.29, 0.717) is 0 Å². The third-order valence-electron chi connectivity index (χ3n) is 2.19. The summed E-state index contributed by atoms with van der Waals surface area (Å²) in [5, 5.41) is 0. The Bertz CT molecular complexity index is 334. The predicted octanol–water partition coefficient (Wildman–Crippen LogP) is 2.74. The van der Waals surface area contributed by atoms with Crippen molar-refractivity contribution in [3.8, 4) is 12.3 Å². The van der Waals surface area contributed by atoms with Crippen LogP contribution < -0.4 is 0 Å². The zero-order chi connectivity index (χ0) is 10.4. The maximum atomic E-state index is 5.56. The van der Waals surface area contributed by atoms with Crippen LogP contribution in [0.25, 0.3) is 0 Å². The lowest BCUT2D eigenvalue weighted by molar-refractivity contribution is 0.0240. The summed E-state index contributed by atoms with van der Waals surface area (Å²) >= 11 is 0. The largest absolute Gasteiger partial charge is 0.354 e. The highest BCUT2D eigenvalue weighted by atomic mass is 16.5. The Morgan fingerprint density at radius 3 is 2.64 bits per heavy atom. The molecule has 0 bridgehead atoms. The lowest BCUT2D eigenvalue weighted by atomic mass is 9.96. The summed E-state index contributed by atoms with van der Waals surface area (Å²) in [6, 6.07) is 9.90. The smallest absolute Gasteiger partial charge is 0.109 e. The monoisotopic (exact) mass is 186 g/mol. The topological polar surface area (TPSA) is 9.23 Å². The Kier molecular flexibility index (Phi) is 3.50. The molecule has 0 aliphatic carbocycles. The lowest BCUT2D eigenvalue weighted by Crippen LogP contribution is -2.23. The zero-order valence-corrected chi connectivity index (χ0v) is 8.36. The van der Waals surface area contributed by atoms with Crippen molar-refractivity contribution < 1.29 is 4.74 Å². The van der Waals surface area contributed by atoms with E-state index in [2.05, 4.69) is 12.5 Å². The molecule has 1 aromatic carbocycles. The van der Waals surface area contributed by atoms with Gasteiger partial charge in [-0.3, -0.25) is 0 Å². The molecule has 0 N–H and O–H groups in total. The van der Waals surface area contributed by atoms with E-state index in [0.717, 1.165) is 5.56 Å². The minimum absolute atomic E-state index is 0.289. The highest BCUT2D eigenvalue weighted by Gasteiger charge is 2.22. The van der Waals surface area contributed by atoms with Gasteiger partial charge in [0.15, 0.2) is 0 Å². The van der Waals surface area contributed by atoms with E-state index in [4.69, 9.17) is 11.2 Å². The molecule has 72 valence electrons. The molecular weight excluding hydrogens is 172 g/mol. The number of terminal acetylenes is 1. The van der Waals surface area contributed by atoms with E-state index >= 15 is 0 Å². The summed E-state index contributed by atoms with van der Waals surface area (Å²) in [7, 11) is 0. The molecule has 1 rings (SSSR count). The van der Waals surface area contributed by atoms with Crippen LogP contribution in [0, 0.1) is 12.3 Å². The molecule has 0 aliphatic heterocycles. The van der Waals surface area contributed by atoms with Gasteiger partial charge in [-0.15, -0.1) is 6.42 Å². The predicted molar refractivity (Wildman–Crippen MR) is 58.8 cm³/mol. The van der Waals surface area contributed by atoms with Gasteiger partial charge < -0.3 is 4.74 Å². The van der Waals surface area contributed by atoms with Gasteiger partial charge in [-0.25, -0.2) is 0 Å². The quantitative estimate of drug-likeness (QED) is 0.519. The van der Waals surface area contributed by atoms with Gasteiger partial charge >= 0.3 is 0 Å². The van der Waals surface area contributed by atoms with E-state index in [1.165, 1.54) is 0 Å². The Labute approximate surface area is 85.4 Å². The molecule has 0 heterocycles. The first-order valence-electron chi connectivity index (χ1n) is 4.49. The second-order valence-corrected chi connectivity index (χ2v) is 3.17. The maximum absolute atomic E-state index is 5.56. The van der Waals surface area contributed by atoms with E-state index in [-0.39, 0.29) is 6.61 Å². The van der Waals surface area contributed by atoms with Crippen LogP contribution in [0.1, 0.15) is 12.5 Å². The first-order valence-corrected chi connectivity index (χ1v) is 4.49. The molecule has 1 atom stereocenters. The Morgan fingerprint density at radius 2 is 2.14 bits per heavy atom. The van der Waals surface area contributed by atoms with Crippen molar-refractivity contribution in [2.24, 2.45) is 0 Å². The molecule has 0 radical (unpaired) electrons. The van der Waals surface area contributed by atoms with Crippen LogP contribution in [0.3, 0.4) is 0 Å². The van der Waals surface area contributed by atoms with Crippen LogP contribution in [-0.4, -0.2) is 6.61 Å². The third kappa shape index (κ3) is 2.25. The molecule has 0 amide bonds. The fourth-order valence-electron chi connectivity index (χ4n) is 1.22. The van der Waals surface area contributed by atoms with E-state index < -0.39 is 5.60 Å². The Morgan fingerprint density at radius 1 is 1.50 bits per heavy atom. The summed E-state index contributed by atoms with van der Waals surface area (Å²) in [4.78, 5) is 0.